The summed E-state index contributed by atoms with van der Waals surface area (Å²) >= 11 is 0. The number of fused-ring (bicyclic) bond motifs is 1. The number of carbonyl (C=O) groups is 1. The third-order valence-corrected chi connectivity index (χ3v) is 6.32. The first-order valence-corrected chi connectivity index (χ1v) is 11.3. The van der Waals surface area contributed by atoms with E-state index >= 15 is 0 Å². The van der Waals surface area contributed by atoms with Gasteiger partial charge in [0.25, 0.3) is 0 Å². The minimum atomic E-state index is -0.202. The fraction of sp³-hybridized carbons (Fsp3) is 0.458. The summed E-state index contributed by atoms with van der Waals surface area (Å²) in [6.45, 7) is 6.99. The van der Waals surface area contributed by atoms with Crippen LogP contribution in [0.15, 0.2) is 42.5 Å². The molecular weight excluding hydrogens is 408 g/mol. The zero-order valence-electron chi connectivity index (χ0n) is 18.4. The highest BCUT2D eigenvalue weighted by Crippen LogP contribution is 2.33. The van der Waals surface area contributed by atoms with Gasteiger partial charge in [0.05, 0.1) is 6.61 Å². The maximum absolute atomic E-state index is 13.1. The number of ether oxygens (including phenoxy) is 3. The van der Waals surface area contributed by atoms with E-state index in [9.17, 15) is 4.79 Å². The van der Waals surface area contributed by atoms with Crippen molar-refractivity contribution in [3.05, 3.63) is 53.6 Å². The molecule has 0 radical (unpaired) electrons. The Morgan fingerprint density at radius 1 is 1.03 bits per heavy atom. The molecular formula is C24H30N4O4. The average molecular weight is 439 g/mol. The summed E-state index contributed by atoms with van der Waals surface area (Å²) in [5, 5.41) is 0. The summed E-state index contributed by atoms with van der Waals surface area (Å²) in [6, 6.07) is 14.1. The average Bonchev–Trinajstić information content (AvgIpc) is 3.50. The van der Waals surface area contributed by atoms with Crippen LogP contribution in [0.4, 0.5) is 0 Å². The van der Waals surface area contributed by atoms with Crippen LogP contribution in [-0.4, -0.2) is 61.3 Å². The highest BCUT2D eigenvalue weighted by molar-refractivity contribution is 5.82. The number of nitrogens with zero attached hydrogens (tertiary/aromatic N) is 2. The third-order valence-electron chi connectivity index (χ3n) is 6.32. The molecule has 1 amide bonds. The number of carbonyl (C=O) groups excluding carboxylic acids is 1. The Morgan fingerprint density at radius 3 is 2.59 bits per heavy atom. The van der Waals surface area contributed by atoms with Gasteiger partial charge in [0, 0.05) is 38.8 Å². The molecule has 170 valence electrons. The maximum Gasteiger partial charge on any atom is 0.241 e. The van der Waals surface area contributed by atoms with Crippen molar-refractivity contribution in [2.75, 3.05) is 39.6 Å². The number of piperazine rings is 1. The zero-order valence-corrected chi connectivity index (χ0v) is 18.4. The van der Waals surface area contributed by atoms with Gasteiger partial charge in [-0.15, -0.1) is 0 Å². The zero-order chi connectivity index (χ0) is 21.9. The van der Waals surface area contributed by atoms with E-state index in [1.54, 1.807) is 0 Å². The van der Waals surface area contributed by atoms with Gasteiger partial charge in [0.1, 0.15) is 11.8 Å². The van der Waals surface area contributed by atoms with E-state index in [0.29, 0.717) is 13.4 Å². The normalized spacial score (nSPS) is 22.8. The van der Waals surface area contributed by atoms with Crippen LogP contribution < -0.4 is 25.1 Å². The molecule has 0 aliphatic carbocycles. The Hall–Kier alpha value is -2.81. The lowest BCUT2D eigenvalue weighted by Crippen LogP contribution is -2.53. The molecule has 2 N–H and O–H groups in total. The van der Waals surface area contributed by atoms with Gasteiger partial charge in [-0.2, -0.15) is 0 Å². The predicted molar refractivity (Wildman–Crippen MR) is 119 cm³/mol. The summed E-state index contributed by atoms with van der Waals surface area (Å²) in [7, 11) is 0. The summed E-state index contributed by atoms with van der Waals surface area (Å²) < 4.78 is 16.4. The summed E-state index contributed by atoms with van der Waals surface area (Å²) in [5.41, 5.74) is 8.85. The van der Waals surface area contributed by atoms with Crippen molar-refractivity contribution in [3.63, 3.8) is 0 Å². The number of hydrogen-bond acceptors (Lipinski definition) is 7. The summed E-state index contributed by atoms with van der Waals surface area (Å²) in [6.07, 6.45) is 0.740. The minimum Gasteiger partial charge on any atom is -0.494 e. The molecule has 0 aromatic heterocycles. The monoisotopic (exact) mass is 438 g/mol. The molecule has 0 spiro atoms. The van der Waals surface area contributed by atoms with Gasteiger partial charge in [-0.3, -0.25) is 9.69 Å². The van der Waals surface area contributed by atoms with Crippen molar-refractivity contribution in [3.8, 4) is 17.2 Å². The van der Waals surface area contributed by atoms with Gasteiger partial charge in [-0.1, -0.05) is 18.2 Å². The van der Waals surface area contributed by atoms with Gasteiger partial charge in [-0.05, 0) is 48.7 Å². The molecule has 2 aromatic carbocycles. The largest absolute Gasteiger partial charge is 0.494 e. The van der Waals surface area contributed by atoms with Crippen LogP contribution in [0, 0.1) is 0 Å². The molecule has 2 saturated heterocycles. The lowest BCUT2D eigenvalue weighted by Gasteiger charge is -2.35. The van der Waals surface area contributed by atoms with Crippen molar-refractivity contribution in [2.45, 2.75) is 32.0 Å². The molecule has 0 saturated carbocycles. The second kappa shape index (κ2) is 9.36. The Bertz CT molecular complexity index is 944. The molecule has 8 heteroatoms. The number of amides is 1. The Balaban J connectivity index is 1.10. The Morgan fingerprint density at radius 2 is 1.81 bits per heavy atom. The van der Waals surface area contributed by atoms with Crippen LogP contribution in [0.5, 0.6) is 17.2 Å². The van der Waals surface area contributed by atoms with Crippen molar-refractivity contribution >= 4 is 5.91 Å². The Labute approximate surface area is 188 Å². The molecule has 32 heavy (non-hydrogen) atoms. The fourth-order valence-corrected chi connectivity index (χ4v) is 4.54. The number of benzene rings is 2. The summed E-state index contributed by atoms with van der Waals surface area (Å²) in [5.74, 6) is 2.67. The molecule has 3 heterocycles. The first-order chi connectivity index (χ1) is 15.7. The van der Waals surface area contributed by atoms with E-state index in [0.717, 1.165) is 62.0 Å². The van der Waals surface area contributed by atoms with Crippen molar-refractivity contribution in [1.29, 1.82) is 0 Å². The lowest BCUT2D eigenvalue weighted by atomic mass is 10.0. The molecule has 2 fully saturated rings. The quantitative estimate of drug-likeness (QED) is 0.715. The lowest BCUT2D eigenvalue weighted by molar-refractivity contribution is -0.135. The van der Waals surface area contributed by atoms with Crippen LogP contribution in [0.3, 0.4) is 0 Å². The second-order valence-electron chi connectivity index (χ2n) is 8.42. The first kappa shape index (κ1) is 21.1. The molecule has 2 aromatic rings. The van der Waals surface area contributed by atoms with E-state index in [1.807, 2.05) is 30.0 Å². The van der Waals surface area contributed by atoms with Crippen LogP contribution in [0.2, 0.25) is 0 Å². The molecule has 5 rings (SSSR count). The predicted octanol–water partition coefficient (Wildman–Crippen LogP) is 2.07. The first-order valence-electron chi connectivity index (χ1n) is 11.3. The topological polar surface area (TPSA) is 75.3 Å². The van der Waals surface area contributed by atoms with Crippen LogP contribution in [0.1, 0.15) is 30.5 Å². The van der Waals surface area contributed by atoms with Gasteiger partial charge in [0.15, 0.2) is 11.5 Å². The third kappa shape index (κ3) is 4.53. The van der Waals surface area contributed by atoms with E-state index < -0.39 is 0 Å². The number of nitrogens with one attached hydrogen (secondary N) is 2. The molecule has 3 aliphatic rings. The molecule has 8 nitrogen and oxygen atoms in total. The van der Waals surface area contributed by atoms with Crippen LogP contribution in [-0.2, 0) is 11.3 Å². The van der Waals surface area contributed by atoms with E-state index in [2.05, 4.69) is 40.0 Å². The molecule has 3 aliphatic heterocycles. The number of rotatable bonds is 6. The number of hydrogen-bond donors (Lipinski definition) is 2. The number of hydrazine groups is 1. The van der Waals surface area contributed by atoms with E-state index in [4.69, 9.17) is 14.2 Å². The van der Waals surface area contributed by atoms with Crippen molar-refractivity contribution in [1.82, 2.24) is 20.7 Å². The maximum atomic E-state index is 13.1. The van der Waals surface area contributed by atoms with E-state index in [1.165, 1.54) is 5.56 Å². The van der Waals surface area contributed by atoms with Crippen molar-refractivity contribution in [2.24, 2.45) is 0 Å². The van der Waals surface area contributed by atoms with Crippen LogP contribution >= 0.6 is 0 Å². The van der Waals surface area contributed by atoms with Crippen molar-refractivity contribution < 1.29 is 19.0 Å². The van der Waals surface area contributed by atoms with Crippen LogP contribution in [0.25, 0.3) is 0 Å². The SMILES string of the molecule is CCOc1ccc(C2CC(C(=O)N3CCN(Cc4ccc5c(c4)OCO5)CC3)NN2)cc1. The molecule has 2 unspecified atom stereocenters. The molecule has 2 atom stereocenters. The molecule has 0 bridgehead atoms. The standard InChI is InChI=1S/C24H30N4O4/c1-2-30-19-6-4-18(5-7-19)20-14-21(26-25-20)24(29)28-11-9-27(10-12-28)15-17-3-8-22-23(13-17)32-16-31-22/h3-8,13,20-21,25-26H,2,9-12,14-16H2,1H3. The van der Waals surface area contributed by atoms with Gasteiger partial charge < -0.3 is 19.1 Å². The van der Waals surface area contributed by atoms with Gasteiger partial charge in [-0.25, -0.2) is 10.9 Å². The highest BCUT2D eigenvalue weighted by atomic mass is 16.7. The smallest absolute Gasteiger partial charge is 0.241 e. The highest BCUT2D eigenvalue weighted by Gasteiger charge is 2.34. The minimum absolute atomic E-state index is 0.118. The fourth-order valence-electron chi connectivity index (χ4n) is 4.54. The van der Waals surface area contributed by atoms with Gasteiger partial charge in [0.2, 0.25) is 12.7 Å². The second-order valence-corrected chi connectivity index (χ2v) is 8.42. The summed E-state index contributed by atoms with van der Waals surface area (Å²) in [4.78, 5) is 17.4. The van der Waals surface area contributed by atoms with E-state index in [-0.39, 0.29) is 18.0 Å². The van der Waals surface area contributed by atoms with Gasteiger partial charge >= 0.3 is 0 Å². The Kier molecular flexibility index (Phi) is 6.16.